The summed E-state index contributed by atoms with van der Waals surface area (Å²) in [5, 5.41) is 10.8. The van der Waals surface area contributed by atoms with Gasteiger partial charge in [-0.1, -0.05) is 54.6 Å². The van der Waals surface area contributed by atoms with Gasteiger partial charge in [-0.3, -0.25) is 14.3 Å². The zero-order valence-corrected chi connectivity index (χ0v) is 35.0. The molecular formula is C46H51N5O6S. The molecule has 302 valence electrons. The lowest BCUT2D eigenvalue weighted by molar-refractivity contribution is -0.186. The van der Waals surface area contributed by atoms with Crippen molar-refractivity contribution in [2.75, 3.05) is 34.0 Å². The molecule has 0 N–H and O–H groups in total. The molecule has 0 amide bonds. The smallest absolute Gasteiger partial charge is 0.271 e. The molecule has 1 fully saturated rings. The third-order valence-electron chi connectivity index (χ3n) is 11.2. The highest BCUT2D eigenvalue weighted by molar-refractivity contribution is 7.25. The molecule has 3 unspecified atom stereocenters. The number of aryl methyl sites for hydroxylation is 3. The monoisotopic (exact) mass is 801 g/mol. The number of nitriles is 1. The molecule has 0 aliphatic carbocycles. The van der Waals surface area contributed by atoms with Gasteiger partial charge in [-0.15, -0.1) is 11.3 Å². The minimum Gasteiger partial charge on any atom is -0.497 e. The normalized spacial score (nSPS) is 18.1. The molecule has 0 spiro atoms. The summed E-state index contributed by atoms with van der Waals surface area (Å²) in [6.07, 6.45) is 1.21. The molecular weight excluding hydrogens is 751 g/mol. The molecule has 1 saturated heterocycles. The van der Waals surface area contributed by atoms with E-state index < -0.39 is 11.7 Å². The van der Waals surface area contributed by atoms with Gasteiger partial charge < -0.3 is 23.7 Å². The number of pyridine rings is 1. The second-order valence-electron chi connectivity index (χ2n) is 15.1. The molecule has 58 heavy (non-hydrogen) atoms. The molecule has 7 rings (SSSR count). The van der Waals surface area contributed by atoms with Crippen LogP contribution < -0.4 is 15.0 Å². The molecule has 6 aromatic rings. The van der Waals surface area contributed by atoms with Crippen molar-refractivity contribution in [3.8, 4) is 17.6 Å². The predicted octanol–water partition coefficient (Wildman–Crippen LogP) is 8.02. The predicted molar refractivity (Wildman–Crippen MR) is 227 cm³/mol. The zero-order chi connectivity index (χ0) is 41.0. The molecule has 11 nitrogen and oxygen atoms in total. The summed E-state index contributed by atoms with van der Waals surface area (Å²) < 4.78 is 33.8. The van der Waals surface area contributed by atoms with Gasteiger partial charge in [-0.2, -0.15) is 5.26 Å². The second-order valence-corrected chi connectivity index (χ2v) is 16.1. The van der Waals surface area contributed by atoms with Gasteiger partial charge in [0.25, 0.3) is 5.56 Å². The van der Waals surface area contributed by atoms with Crippen molar-refractivity contribution in [3.05, 3.63) is 130 Å². The number of methoxy groups -OCH3 is 2. The Morgan fingerprint density at radius 2 is 1.60 bits per heavy atom. The van der Waals surface area contributed by atoms with Crippen LogP contribution in [-0.2, 0) is 26.4 Å². The Hall–Kier alpha value is -5.16. The quantitative estimate of drug-likeness (QED) is 0.0945. The van der Waals surface area contributed by atoms with Crippen LogP contribution in [0, 0.1) is 31.1 Å². The van der Waals surface area contributed by atoms with Crippen LogP contribution in [0.25, 0.3) is 20.4 Å². The first-order valence-electron chi connectivity index (χ1n) is 19.7. The third kappa shape index (κ3) is 8.10. The lowest BCUT2D eigenvalue weighted by Gasteiger charge is -2.45. The van der Waals surface area contributed by atoms with Crippen LogP contribution in [0.5, 0.6) is 11.5 Å². The van der Waals surface area contributed by atoms with Crippen LogP contribution >= 0.6 is 11.3 Å². The maximum absolute atomic E-state index is 14.1. The average molecular weight is 802 g/mol. The van der Waals surface area contributed by atoms with Crippen molar-refractivity contribution in [2.45, 2.75) is 77.6 Å². The maximum atomic E-state index is 14.1. The number of ether oxygens (including phenoxy) is 5. The fourth-order valence-electron chi connectivity index (χ4n) is 8.16. The zero-order valence-electron chi connectivity index (χ0n) is 34.2. The van der Waals surface area contributed by atoms with Gasteiger partial charge in [0.05, 0.1) is 64.0 Å². The van der Waals surface area contributed by atoms with E-state index in [1.54, 1.807) is 25.1 Å². The number of hydrogen-bond acceptors (Lipinski definition) is 11. The lowest BCUT2D eigenvalue weighted by atomic mass is 9.80. The molecule has 0 bridgehead atoms. The van der Waals surface area contributed by atoms with Crippen LogP contribution in [0.4, 0.5) is 0 Å². The standard InChI is InChI=1S/C46H51N5O6S/c1-29(2)51-32(5)33(24-47)25-56-40(51)27-55-39(21-22-50-28-48-42-41-30(3)23-31(4)49-44(41)58-43(42)45(50)52)26-57-46(34-11-9-8-10-12-34,35-13-17-37(53-6)18-14-35)36-15-19-38(54-7)20-16-36/h8-20,23,28-29,32-33,39-40H,21-22,25-27H2,1-7H3/t32?,33?,39?,40-/m1/s1. The molecule has 4 heterocycles. The van der Waals surface area contributed by atoms with Crippen molar-refractivity contribution in [3.63, 3.8) is 0 Å². The van der Waals surface area contributed by atoms with Crippen LogP contribution in [0.15, 0.2) is 96.1 Å². The van der Waals surface area contributed by atoms with E-state index in [-0.39, 0.29) is 43.0 Å². The van der Waals surface area contributed by atoms with Crippen LogP contribution in [-0.4, -0.2) is 77.9 Å². The van der Waals surface area contributed by atoms with Crippen molar-refractivity contribution in [1.29, 1.82) is 5.26 Å². The summed E-state index contributed by atoms with van der Waals surface area (Å²) in [5.74, 6) is 1.21. The summed E-state index contributed by atoms with van der Waals surface area (Å²) in [4.78, 5) is 26.6. The minimum atomic E-state index is -1.07. The number of aromatic nitrogens is 3. The summed E-state index contributed by atoms with van der Waals surface area (Å²) >= 11 is 1.39. The van der Waals surface area contributed by atoms with Gasteiger partial charge in [-0.05, 0) is 93.6 Å². The number of benzene rings is 3. The van der Waals surface area contributed by atoms with E-state index in [0.717, 1.165) is 49.7 Å². The first kappa shape index (κ1) is 41.0. The molecule has 3 aromatic carbocycles. The van der Waals surface area contributed by atoms with Gasteiger partial charge in [-0.25, -0.2) is 9.97 Å². The van der Waals surface area contributed by atoms with E-state index in [2.05, 4.69) is 43.9 Å². The highest BCUT2D eigenvalue weighted by atomic mass is 32.1. The van der Waals surface area contributed by atoms with Crippen LogP contribution in [0.3, 0.4) is 0 Å². The molecule has 0 radical (unpaired) electrons. The molecule has 12 heteroatoms. The van der Waals surface area contributed by atoms with Crippen molar-refractivity contribution in [1.82, 2.24) is 19.4 Å². The highest BCUT2D eigenvalue weighted by Gasteiger charge is 2.40. The van der Waals surface area contributed by atoms with Crippen molar-refractivity contribution < 1.29 is 23.7 Å². The molecule has 3 aromatic heterocycles. The summed E-state index contributed by atoms with van der Waals surface area (Å²) in [6.45, 7) is 11.3. The molecule has 0 saturated carbocycles. The van der Waals surface area contributed by atoms with E-state index in [4.69, 9.17) is 33.7 Å². The number of rotatable bonds is 15. The number of nitrogens with zero attached hydrogens (tertiary/aromatic N) is 5. The van der Waals surface area contributed by atoms with Crippen LogP contribution in [0.1, 0.15) is 55.1 Å². The first-order valence-corrected chi connectivity index (χ1v) is 20.5. The number of thiophene rings is 1. The fraction of sp³-hybridized carbons (Fsp3) is 0.391. The van der Waals surface area contributed by atoms with Gasteiger partial charge in [0, 0.05) is 29.7 Å². The minimum absolute atomic E-state index is 0.0162. The fourth-order valence-corrected chi connectivity index (χ4v) is 9.36. The van der Waals surface area contributed by atoms with E-state index in [1.807, 2.05) is 86.6 Å². The Labute approximate surface area is 343 Å². The lowest BCUT2D eigenvalue weighted by Crippen LogP contribution is -2.57. The second kappa shape index (κ2) is 17.8. The molecule has 1 aliphatic rings. The van der Waals surface area contributed by atoms with Gasteiger partial charge in [0.15, 0.2) is 0 Å². The Kier molecular flexibility index (Phi) is 12.6. The van der Waals surface area contributed by atoms with E-state index in [9.17, 15) is 10.1 Å². The average Bonchev–Trinajstić information content (AvgIpc) is 3.62. The summed E-state index contributed by atoms with van der Waals surface area (Å²) in [5.41, 5.74) is 4.18. The Morgan fingerprint density at radius 3 is 2.21 bits per heavy atom. The first-order chi connectivity index (χ1) is 28.1. The molecule has 4 atom stereocenters. The number of hydrogen-bond donors (Lipinski definition) is 0. The van der Waals surface area contributed by atoms with Crippen molar-refractivity contribution in [2.24, 2.45) is 5.92 Å². The van der Waals surface area contributed by atoms with Gasteiger partial charge in [0.2, 0.25) is 0 Å². The summed E-state index contributed by atoms with van der Waals surface area (Å²) in [6, 6.07) is 30.5. The number of fused-ring (bicyclic) bond motifs is 3. The van der Waals surface area contributed by atoms with Gasteiger partial charge >= 0.3 is 0 Å². The third-order valence-corrected chi connectivity index (χ3v) is 12.2. The Morgan fingerprint density at radius 1 is 0.966 bits per heavy atom. The largest absolute Gasteiger partial charge is 0.497 e. The summed E-state index contributed by atoms with van der Waals surface area (Å²) in [7, 11) is 3.30. The Balaban J connectivity index is 1.26. The SMILES string of the molecule is COc1ccc(C(OCC(CCn2cnc3c(sc4nc(C)cc(C)c43)c2=O)OC[C@H]2OCC(C#N)C(C)N2C(C)C)(c2ccccc2)c2ccc(OC)cc2)cc1. The molecule has 1 aliphatic heterocycles. The topological polar surface area (TPSA) is 121 Å². The van der Waals surface area contributed by atoms with E-state index >= 15 is 0 Å². The van der Waals surface area contributed by atoms with E-state index in [0.29, 0.717) is 29.8 Å². The van der Waals surface area contributed by atoms with Crippen molar-refractivity contribution >= 4 is 31.8 Å². The van der Waals surface area contributed by atoms with E-state index in [1.165, 1.54) is 11.3 Å². The maximum Gasteiger partial charge on any atom is 0.271 e. The van der Waals surface area contributed by atoms with Gasteiger partial charge in [0.1, 0.15) is 32.9 Å². The van der Waals surface area contributed by atoms with Crippen LogP contribution in [0.2, 0.25) is 0 Å². The highest BCUT2D eigenvalue weighted by Crippen LogP contribution is 2.42. The Bertz CT molecular complexity index is 2380.